The number of carbonyl (C=O) groups is 1. The summed E-state index contributed by atoms with van der Waals surface area (Å²) in [5.41, 5.74) is 3.34. The second-order valence-corrected chi connectivity index (χ2v) is 5.55. The molecule has 2 N–H and O–H groups in total. The van der Waals surface area contributed by atoms with Gasteiger partial charge >= 0.3 is 0 Å². The number of hydrazine groups is 1. The molecule has 0 bridgehead atoms. The molecular formula is C13H27N3O. The third kappa shape index (κ3) is 4.28. The summed E-state index contributed by atoms with van der Waals surface area (Å²) in [6.45, 7) is 10.3. The van der Waals surface area contributed by atoms with Gasteiger partial charge in [0.05, 0.1) is 6.04 Å². The Labute approximate surface area is 105 Å². The van der Waals surface area contributed by atoms with Gasteiger partial charge < -0.3 is 5.32 Å². The average molecular weight is 241 g/mol. The molecule has 0 saturated carbocycles. The molecule has 0 aliphatic carbocycles. The minimum absolute atomic E-state index is 0.0740. The van der Waals surface area contributed by atoms with Crippen molar-refractivity contribution >= 4 is 5.91 Å². The van der Waals surface area contributed by atoms with Crippen LogP contribution in [0, 0.1) is 0 Å². The first-order valence-corrected chi connectivity index (χ1v) is 6.76. The van der Waals surface area contributed by atoms with Gasteiger partial charge in [-0.15, -0.1) is 0 Å². The normalized spacial score (nSPS) is 28.1. The van der Waals surface area contributed by atoms with Crippen molar-refractivity contribution < 1.29 is 4.79 Å². The topological polar surface area (TPSA) is 44.4 Å². The van der Waals surface area contributed by atoms with E-state index in [2.05, 4.69) is 29.6 Å². The Morgan fingerprint density at radius 2 is 1.71 bits per heavy atom. The summed E-state index contributed by atoms with van der Waals surface area (Å²) in [4.78, 5) is 11.8. The lowest BCUT2D eigenvalue weighted by Gasteiger charge is -2.40. The second kappa shape index (κ2) is 6.36. The third-order valence-electron chi connectivity index (χ3n) is 3.36. The van der Waals surface area contributed by atoms with Crippen LogP contribution in [-0.2, 0) is 4.79 Å². The van der Waals surface area contributed by atoms with Gasteiger partial charge in [-0.2, -0.15) is 0 Å². The van der Waals surface area contributed by atoms with E-state index >= 15 is 0 Å². The maximum Gasteiger partial charge on any atom is 0.238 e. The molecule has 3 atom stereocenters. The van der Waals surface area contributed by atoms with Crippen LogP contribution in [0.2, 0.25) is 0 Å². The zero-order chi connectivity index (χ0) is 13.0. The van der Waals surface area contributed by atoms with E-state index in [-0.39, 0.29) is 18.0 Å². The lowest BCUT2D eigenvalue weighted by atomic mass is 10.00. The van der Waals surface area contributed by atoms with E-state index in [1.54, 1.807) is 0 Å². The van der Waals surface area contributed by atoms with Gasteiger partial charge in [0, 0.05) is 18.1 Å². The summed E-state index contributed by atoms with van der Waals surface area (Å²) in [7, 11) is 0. The van der Waals surface area contributed by atoms with Gasteiger partial charge in [-0.05, 0) is 47.5 Å². The number of carbonyl (C=O) groups excluding carboxylic acids is 1. The van der Waals surface area contributed by atoms with Crippen LogP contribution in [0.1, 0.15) is 53.9 Å². The lowest BCUT2D eigenvalue weighted by molar-refractivity contribution is -0.125. The highest BCUT2D eigenvalue weighted by Gasteiger charge is 2.27. The molecule has 0 aromatic rings. The molecule has 1 amide bonds. The van der Waals surface area contributed by atoms with Crippen LogP contribution in [0.25, 0.3) is 0 Å². The Kier molecular flexibility index (Phi) is 5.40. The summed E-state index contributed by atoms with van der Waals surface area (Å²) < 4.78 is 0. The molecule has 1 fully saturated rings. The Morgan fingerprint density at radius 3 is 2.18 bits per heavy atom. The molecule has 1 rings (SSSR count). The zero-order valence-corrected chi connectivity index (χ0v) is 11.8. The molecule has 3 unspecified atom stereocenters. The van der Waals surface area contributed by atoms with Crippen LogP contribution in [0.5, 0.6) is 0 Å². The fraction of sp³-hybridized carbons (Fsp3) is 0.923. The predicted molar refractivity (Wildman–Crippen MR) is 70.5 cm³/mol. The van der Waals surface area contributed by atoms with Crippen molar-refractivity contribution in [2.24, 2.45) is 0 Å². The van der Waals surface area contributed by atoms with Gasteiger partial charge in [0.25, 0.3) is 0 Å². The minimum atomic E-state index is -0.166. The highest BCUT2D eigenvalue weighted by Crippen LogP contribution is 2.20. The summed E-state index contributed by atoms with van der Waals surface area (Å²) in [6, 6.07) is 1.05. The highest BCUT2D eigenvalue weighted by molar-refractivity contribution is 5.81. The van der Waals surface area contributed by atoms with Crippen molar-refractivity contribution in [3.8, 4) is 0 Å². The molecule has 0 radical (unpaired) electrons. The first-order valence-electron chi connectivity index (χ1n) is 6.76. The van der Waals surface area contributed by atoms with Crippen molar-refractivity contribution in [2.75, 3.05) is 0 Å². The molecule has 0 aromatic heterocycles. The van der Waals surface area contributed by atoms with Gasteiger partial charge in [-0.3, -0.25) is 4.79 Å². The number of piperidine rings is 1. The number of hydrogen-bond donors (Lipinski definition) is 2. The van der Waals surface area contributed by atoms with E-state index in [4.69, 9.17) is 0 Å². The first-order chi connectivity index (χ1) is 7.91. The minimum Gasteiger partial charge on any atom is -0.353 e. The largest absolute Gasteiger partial charge is 0.353 e. The van der Waals surface area contributed by atoms with Crippen LogP contribution in [0.4, 0.5) is 0 Å². The molecule has 1 heterocycles. The standard InChI is InChI=1S/C13H27N3O/c1-9(2)14-13(17)12(5)15-16-10(3)7-6-8-11(16)4/h9-12,15H,6-8H2,1-5H3,(H,14,17). The van der Waals surface area contributed by atoms with Crippen molar-refractivity contribution in [1.82, 2.24) is 15.8 Å². The van der Waals surface area contributed by atoms with Crippen molar-refractivity contribution in [2.45, 2.75) is 78.0 Å². The molecule has 0 spiro atoms. The zero-order valence-electron chi connectivity index (χ0n) is 11.8. The lowest BCUT2D eigenvalue weighted by Crippen LogP contribution is -2.58. The van der Waals surface area contributed by atoms with Crippen LogP contribution < -0.4 is 10.7 Å². The number of rotatable bonds is 4. The van der Waals surface area contributed by atoms with Gasteiger partial charge in [0.1, 0.15) is 0 Å². The Balaban J connectivity index is 2.48. The third-order valence-corrected chi connectivity index (χ3v) is 3.36. The Morgan fingerprint density at radius 1 is 1.18 bits per heavy atom. The quantitative estimate of drug-likeness (QED) is 0.787. The molecule has 1 saturated heterocycles. The fourth-order valence-corrected chi connectivity index (χ4v) is 2.37. The van der Waals surface area contributed by atoms with E-state index in [9.17, 15) is 4.79 Å². The maximum atomic E-state index is 11.8. The van der Waals surface area contributed by atoms with E-state index in [1.165, 1.54) is 19.3 Å². The number of nitrogens with one attached hydrogen (secondary N) is 2. The SMILES string of the molecule is CC(C)NC(=O)C(C)NN1C(C)CCCC1C. The van der Waals surface area contributed by atoms with Gasteiger partial charge in [0.15, 0.2) is 0 Å². The monoisotopic (exact) mass is 241 g/mol. The van der Waals surface area contributed by atoms with Crippen molar-refractivity contribution in [1.29, 1.82) is 0 Å². The summed E-state index contributed by atoms with van der Waals surface area (Å²) in [5.74, 6) is 0.0740. The molecule has 100 valence electrons. The fourth-order valence-electron chi connectivity index (χ4n) is 2.37. The molecule has 1 aliphatic rings. The molecular weight excluding hydrogens is 214 g/mol. The van der Waals surface area contributed by atoms with Gasteiger partial charge in [0.2, 0.25) is 5.91 Å². The van der Waals surface area contributed by atoms with Crippen LogP contribution in [-0.4, -0.2) is 35.1 Å². The highest BCUT2D eigenvalue weighted by atomic mass is 16.2. The molecule has 1 aliphatic heterocycles. The van der Waals surface area contributed by atoms with E-state index in [0.717, 1.165) is 0 Å². The summed E-state index contributed by atoms with van der Waals surface area (Å²) >= 11 is 0. The summed E-state index contributed by atoms with van der Waals surface area (Å²) in [5, 5.41) is 5.18. The molecule has 4 heteroatoms. The second-order valence-electron chi connectivity index (χ2n) is 5.55. The molecule has 17 heavy (non-hydrogen) atoms. The summed E-state index contributed by atoms with van der Waals surface area (Å²) in [6.07, 6.45) is 3.69. The average Bonchev–Trinajstić information content (AvgIpc) is 2.22. The van der Waals surface area contributed by atoms with Crippen molar-refractivity contribution in [3.05, 3.63) is 0 Å². The predicted octanol–water partition coefficient (Wildman–Crippen LogP) is 1.67. The smallest absolute Gasteiger partial charge is 0.238 e. The van der Waals surface area contributed by atoms with Gasteiger partial charge in [-0.1, -0.05) is 6.42 Å². The number of nitrogens with zero attached hydrogens (tertiary/aromatic N) is 1. The maximum absolute atomic E-state index is 11.8. The molecule has 4 nitrogen and oxygen atoms in total. The number of amides is 1. The Bertz CT molecular complexity index is 245. The number of hydrogen-bond acceptors (Lipinski definition) is 3. The van der Waals surface area contributed by atoms with Crippen LogP contribution in [0.3, 0.4) is 0 Å². The first kappa shape index (κ1) is 14.5. The van der Waals surface area contributed by atoms with Crippen LogP contribution >= 0.6 is 0 Å². The molecule has 0 aromatic carbocycles. The van der Waals surface area contributed by atoms with Crippen molar-refractivity contribution in [3.63, 3.8) is 0 Å². The van der Waals surface area contributed by atoms with Gasteiger partial charge in [-0.25, -0.2) is 10.4 Å². The van der Waals surface area contributed by atoms with E-state index < -0.39 is 0 Å². The van der Waals surface area contributed by atoms with Crippen LogP contribution in [0.15, 0.2) is 0 Å². The Hall–Kier alpha value is -0.610. The van der Waals surface area contributed by atoms with E-state index in [1.807, 2.05) is 20.8 Å². The van der Waals surface area contributed by atoms with E-state index in [0.29, 0.717) is 12.1 Å².